The Labute approximate surface area is 234 Å². The van der Waals surface area contributed by atoms with E-state index in [1.165, 1.54) is 0 Å². The number of carbonyl (C=O) groups is 1. The number of rotatable bonds is 11. The van der Waals surface area contributed by atoms with Gasteiger partial charge in [-0.2, -0.15) is 0 Å². The SMILES string of the molecule is C[C@H](CC[Se]CCC(=O)O)[C@H]1CC[C@H]2[C@H]3[C@H](CC[C@]12C)[C@@]1(C)CC[C@](O)(O[N+](=O)[O-])C[C@H]1C[C@]3(O)O[N+](=O)[O-]. The molecule has 4 aliphatic rings. The number of aliphatic carboxylic acids is 1. The zero-order chi connectivity index (χ0) is 28.8. The molecule has 4 aliphatic carbocycles. The standard InChI is InChI=1S/C26H42N2O10Se/c1-16(7-12-39-13-8-21(29)30)18-4-5-19-22-20(6-9-24(18,19)3)23(2)10-11-25(31,37-27(33)34)14-17(23)15-26(22,32)38-28(35)36/h16-20,22,31-32H,4-15H2,1-3H3,(H,29,30)/t16-,17+,18-,19+,20+,22+,23+,24-,25+,26+/m1/s1. The van der Waals surface area contributed by atoms with E-state index in [0.717, 1.165) is 42.7 Å². The summed E-state index contributed by atoms with van der Waals surface area (Å²) in [5, 5.41) is 54.1. The number of aliphatic hydroxyl groups is 2. The molecule has 3 N–H and O–H groups in total. The van der Waals surface area contributed by atoms with Crippen LogP contribution in [0.2, 0.25) is 10.6 Å². The third kappa shape index (κ3) is 5.74. The van der Waals surface area contributed by atoms with Gasteiger partial charge in [0.05, 0.1) is 0 Å². The van der Waals surface area contributed by atoms with Crippen LogP contribution in [-0.4, -0.2) is 58.0 Å². The molecule has 222 valence electrons. The quantitative estimate of drug-likeness (QED) is 0.0999. The Bertz CT molecular complexity index is 971. The Balaban J connectivity index is 1.56. The molecule has 0 radical (unpaired) electrons. The van der Waals surface area contributed by atoms with Crippen molar-refractivity contribution in [3.63, 3.8) is 0 Å². The molecule has 0 saturated heterocycles. The van der Waals surface area contributed by atoms with Gasteiger partial charge in [-0.25, -0.2) is 0 Å². The van der Waals surface area contributed by atoms with Gasteiger partial charge in [-0.15, -0.1) is 10.1 Å². The van der Waals surface area contributed by atoms with Crippen molar-refractivity contribution in [1.29, 1.82) is 0 Å². The van der Waals surface area contributed by atoms with Crippen molar-refractivity contribution in [3.05, 3.63) is 20.2 Å². The maximum atomic E-state index is 11.9. The van der Waals surface area contributed by atoms with E-state index in [1.807, 2.05) is 0 Å². The molecule has 0 aliphatic heterocycles. The van der Waals surface area contributed by atoms with Crippen LogP contribution in [0.1, 0.15) is 85.0 Å². The van der Waals surface area contributed by atoms with Crippen molar-refractivity contribution >= 4 is 20.9 Å². The van der Waals surface area contributed by atoms with E-state index in [-0.39, 0.29) is 63.3 Å². The molecule has 39 heavy (non-hydrogen) atoms. The molecular weight excluding hydrogens is 579 g/mol. The number of hydrogen-bond donors (Lipinski definition) is 3. The van der Waals surface area contributed by atoms with Gasteiger partial charge < -0.3 is 5.11 Å². The summed E-state index contributed by atoms with van der Waals surface area (Å²) in [6.45, 7) is 6.62. The topological polar surface area (TPSA) is 182 Å². The molecule has 0 unspecified atom stereocenters. The first-order chi connectivity index (χ1) is 18.1. The summed E-state index contributed by atoms with van der Waals surface area (Å²) in [7, 11) is 0. The number of nitrogens with zero attached hydrogens (tertiary/aromatic N) is 2. The fraction of sp³-hybridized carbons (Fsp3) is 0.962. The van der Waals surface area contributed by atoms with E-state index in [2.05, 4.69) is 25.6 Å². The molecule has 12 nitrogen and oxygen atoms in total. The number of hydrogen-bond acceptors (Lipinski definition) is 9. The second-order valence-electron chi connectivity index (χ2n) is 13.0. The third-order valence-electron chi connectivity index (χ3n) is 11.1. The van der Waals surface area contributed by atoms with Crippen molar-refractivity contribution in [2.24, 2.45) is 46.3 Å². The third-order valence-corrected chi connectivity index (χ3v) is 13.3. The van der Waals surface area contributed by atoms with Gasteiger partial charge in [-0.05, 0) is 0 Å². The summed E-state index contributed by atoms with van der Waals surface area (Å²) < 4.78 is 0. The van der Waals surface area contributed by atoms with E-state index in [4.69, 9.17) is 9.94 Å². The monoisotopic (exact) mass is 622 g/mol. The average molecular weight is 622 g/mol. The molecule has 10 atom stereocenters. The molecule has 0 aromatic rings. The first kappa shape index (κ1) is 30.3. The Hall–Kier alpha value is -1.69. The Morgan fingerprint density at radius 2 is 1.64 bits per heavy atom. The molecule has 13 heteroatoms. The zero-order valence-electron chi connectivity index (χ0n) is 23.0. The van der Waals surface area contributed by atoms with Gasteiger partial charge in [0.15, 0.2) is 0 Å². The van der Waals surface area contributed by atoms with E-state index < -0.39 is 39.6 Å². The van der Waals surface area contributed by atoms with Crippen LogP contribution in [0.4, 0.5) is 0 Å². The Morgan fingerprint density at radius 3 is 2.28 bits per heavy atom. The second-order valence-corrected chi connectivity index (χ2v) is 15.6. The molecule has 4 fully saturated rings. The van der Waals surface area contributed by atoms with Crippen LogP contribution in [0, 0.1) is 66.6 Å². The molecule has 0 aromatic heterocycles. The summed E-state index contributed by atoms with van der Waals surface area (Å²) in [6, 6.07) is 0. The molecule has 0 heterocycles. The summed E-state index contributed by atoms with van der Waals surface area (Å²) >= 11 is 0.290. The van der Waals surface area contributed by atoms with Crippen LogP contribution >= 0.6 is 0 Å². The number of carboxylic acids is 1. The van der Waals surface area contributed by atoms with E-state index in [0.29, 0.717) is 18.3 Å². The summed E-state index contributed by atoms with van der Waals surface area (Å²) in [5.41, 5.74) is -0.489. The zero-order valence-corrected chi connectivity index (χ0v) is 24.7. The normalized spacial score (nSPS) is 43.9. The predicted molar refractivity (Wildman–Crippen MR) is 138 cm³/mol. The first-order valence-electron chi connectivity index (χ1n) is 14.0. The Kier molecular flexibility index (Phi) is 8.50. The fourth-order valence-electron chi connectivity index (χ4n) is 9.34. The van der Waals surface area contributed by atoms with Crippen LogP contribution in [0.3, 0.4) is 0 Å². The molecule has 0 spiro atoms. The minimum absolute atomic E-state index is 0.0276. The molecular formula is C26H42N2O10Se. The van der Waals surface area contributed by atoms with Crippen molar-refractivity contribution < 1.29 is 40.0 Å². The number of carboxylic acid groups (broad SMARTS) is 1. The van der Waals surface area contributed by atoms with Crippen LogP contribution in [0.25, 0.3) is 0 Å². The summed E-state index contributed by atoms with van der Waals surface area (Å²) in [4.78, 5) is 43.2. The molecule has 0 amide bonds. The summed E-state index contributed by atoms with van der Waals surface area (Å²) in [5.74, 6) is -4.94. The summed E-state index contributed by atoms with van der Waals surface area (Å²) in [6.07, 6.45) is 5.09. The van der Waals surface area contributed by atoms with Gasteiger partial charge >= 0.3 is 210 Å². The van der Waals surface area contributed by atoms with Gasteiger partial charge in [0.1, 0.15) is 0 Å². The Morgan fingerprint density at radius 1 is 0.974 bits per heavy atom. The number of fused-ring (bicyclic) bond motifs is 5. The molecule has 0 aromatic carbocycles. The van der Waals surface area contributed by atoms with Crippen molar-refractivity contribution in [3.8, 4) is 0 Å². The fourth-order valence-corrected chi connectivity index (χ4v) is 11.6. The molecule has 0 bridgehead atoms. The van der Waals surface area contributed by atoms with E-state index in [9.17, 15) is 35.2 Å². The van der Waals surface area contributed by atoms with E-state index in [1.54, 1.807) is 0 Å². The first-order valence-corrected chi connectivity index (χ1v) is 16.5. The van der Waals surface area contributed by atoms with Crippen LogP contribution < -0.4 is 0 Å². The van der Waals surface area contributed by atoms with Crippen LogP contribution in [0.15, 0.2) is 0 Å². The van der Waals surface area contributed by atoms with Crippen molar-refractivity contribution in [2.75, 3.05) is 0 Å². The van der Waals surface area contributed by atoms with Crippen molar-refractivity contribution in [1.82, 2.24) is 0 Å². The van der Waals surface area contributed by atoms with Gasteiger partial charge in [-0.1, -0.05) is 0 Å². The van der Waals surface area contributed by atoms with Gasteiger partial charge in [-0.3, -0.25) is 4.84 Å². The predicted octanol–water partition coefficient (Wildman–Crippen LogP) is 4.09. The maximum absolute atomic E-state index is 11.9. The van der Waals surface area contributed by atoms with Gasteiger partial charge in [0, 0.05) is 0 Å². The second kappa shape index (κ2) is 10.9. The average Bonchev–Trinajstić information content (AvgIpc) is 3.16. The van der Waals surface area contributed by atoms with Gasteiger partial charge in [0.2, 0.25) is 0 Å². The molecule has 4 saturated carbocycles. The molecule has 4 rings (SSSR count). The minimum atomic E-state index is -2.05. The van der Waals surface area contributed by atoms with Crippen LogP contribution in [-0.2, 0) is 14.5 Å². The van der Waals surface area contributed by atoms with Gasteiger partial charge in [0.25, 0.3) is 5.09 Å². The van der Waals surface area contributed by atoms with E-state index >= 15 is 0 Å². The van der Waals surface area contributed by atoms with Crippen LogP contribution in [0.5, 0.6) is 0 Å². The van der Waals surface area contributed by atoms with Crippen molar-refractivity contribution in [2.45, 2.75) is 107 Å².